The SMILES string of the molecule is C=CC(=O)Nc1cc(Nc2nc(-c3ccnc(NC(=O)c4ccc(C(C)(C)C)cc4F)c3CO)ncc2OC)ccc1N1CCN(C2CCOCC2)C[C@@H]1C. The van der Waals surface area contributed by atoms with Gasteiger partial charge in [-0.05, 0) is 73.2 Å². The Labute approximate surface area is 321 Å². The van der Waals surface area contributed by atoms with E-state index in [1.807, 2.05) is 39.0 Å². The molecule has 0 spiro atoms. The fourth-order valence-corrected chi connectivity index (χ4v) is 7.06. The number of hydrogen-bond donors (Lipinski definition) is 4. The Morgan fingerprint density at radius 1 is 1.07 bits per heavy atom. The molecule has 2 amide bonds. The van der Waals surface area contributed by atoms with Crippen molar-refractivity contribution in [3.05, 3.63) is 90.0 Å². The number of pyridine rings is 1. The minimum Gasteiger partial charge on any atom is -0.491 e. The zero-order valence-corrected chi connectivity index (χ0v) is 32.0. The maximum Gasteiger partial charge on any atom is 0.259 e. The molecule has 2 aliphatic heterocycles. The van der Waals surface area contributed by atoms with Crippen molar-refractivity contribution in [3.63, 3.8) is 0 Å². The number of anilines is 5. The van der Waals surface area contributed by atoms with Crippen LogP contribution in [-0.2, 0) is 21.6 Å². The smallest absolute Gasteiger partial charge is 0.259 e. The van der Waals surface area contributed by atoms with Crippen LogP contribution in [0.15, 0.2) is 67.5 Å². The summed E-state index contributed by atoms with van der Waals surface area (Å²) in [6.07, 6.45) is 6.25. The number of carbonyl (C=O) groups excluding carboxylic acids is 2. The molecule has 2 fully saturated rings. The summed E-state index contributed by atoms with van der Waals surface area (Å²) in [7, 11) is 1.50. The molecule has 0 bridgehead atoms. The average Bonchev–Trinajstić information content (AvgIpc) is 3.18. The molecule has 2 aromatic heterocycles. The lowest BCUT2D eigenvalue weighted by molar-refractivity contribution is -0.111. The van der Waals surface area contributed by atoms with Crippen LogP contribution in [0, 0.1) is 5.82 Å². The zero-order valence-electron chi connectivity index (χ0n) is 32.0. The van der Waals surface area contributed by atoms with Crippen molar-refractivity contribution < 1.29 is 28.6 Å². The Morgan fingerprint density at radius 3 is 2.53 bits per heavy atom. The summed E-state index contributed by atoms with van der Waals surface area (Å²) in [6, 6.07) is 12.6. The number of carbonyl (C=O) groups is 2. The van der Waals surface area contributed by atoms with Crippen molar-refractivity contribution >= 4 is 40.5 Å². The van der Waals surface area contributed by atoms with Gasteiger partial charge in [-0.1, -0.05) is 33.4 Å². The number of amides is 2. The summed E-state index contributed by atoms with van der Waals surface area (Å²) in [6.45, 7) is 15.4. The van der Waals surface area contributed by atoms with Crippen LogP contribution in [0.3, 0.4) is 0 Å². The Hall–Kier alpha value is -5.44. The molecule has 14 heteroatoms. The van der Waals surface area contributed by atoms with Gasteiger partial charge >= 0.3 is 0 Å². The van der Waals surface area contributed by atoms with Gasteiger partial charge in [0.15, 0.2) is 17.4 Å². The third kappa shape index (κ3) is 8.93. The summed E-state index contributed by atoms with van der Waals surface area (Å²) in [5, 5.41) is 19.4. The van der Waals surface area contributed by atoms with Crippen molar-refractivity contribution in [1.82, 2.24) is 19.9 Å². The number of aliphatic hydroxyl groups excluding tert-OH is 1. The summed E-state index contributed by atoms with van der Waals surface area (Å²) in [4.78, 5) is 44.2. The average molecular weight is 753 g/mol. The highest BCUT2D eigenvalue weighted by atomic mass is 19.1. The van der Waals surface area contributed by atoms with Crippen LogP contribution in [0.5, 0.6) is 5.75 Å². The lowest BCUT2D eigenvalue weighted by atomic mass is 9.86. The largest absolute Gasteiger partial charge is 0.491 e. The van der Waals surface area contributed by atoms with E-state index in [0.717, 1.165) is 56.9 Å². The molecule has 4 N–H and O–H groups in total. The maximum atomic E-state index is 15.1. The number of aliphatic hydroxyl groups is 1. The predicted molar refractivity (Wildman–Crippen MR) is 212 cm³/mol. The monoisotopic (exact) mass is 752 g/mol. The van der Waals surface area contributed by atoms with Gasteiger partial charge in [-0.3, -0.25) is 14.5 Å². The third-order valence-corrected chi connectivity index (χ3v) is 10.1. The standard InChI is InChI=1S/C41H49FN8O5/c1-7-36(52)46-33-21-27(9-11-34(33)50-17-16-49(23-25(50)2)28-13-18-55-19-14-28)45-39-35(54-6)22-44-37(47-39)29-12-15-43-38(31(29)24-51)48-40(53)30-10-8-26(20-32(30)42)41(3,4)5/h7-12,15,20-22,25,28,51H,1,13-14,16-19,23-24H2,2-6H3,(H,46,52)(H,43,48,53)(H,44,45,47)/t25-/m0/s1. The molecule has 55 heavy (non-hydrogen) atoms. The molecule has 0 saturated carbocycles. The fraction of sp³-hybridized carbons (Fsp3) is 0.390. The van der Waals surface area contributed by atoms with Crippen molar-refractivity contribution in [2.24, 2.45) is 0 Å². The van der Waals surface area contributed by atoms with Crippen molar-refractivity contribution in [2.45, 2.75) is 64.6 Å². The molecule has 1 atom stereocenters. The summed E-state index contributed by atoms with van der Waals surface area (Å²) < 4.78 is 26.2. The quantitative estimate of drug-likeness (QED) is 0.128. The second-order valence-corrected chi connectivity index (χ2v) is 14.8. The van der Waals surface area contributed by atoms with Gasteiger partial charge in [-0.2, -0.15) is 0 Å². The predicted octanol–water partition coefficient (Wildman–Crippen LogP) is 6.29. The molecule has 2 aromatic carbocycles. The number of nitrogens with zero attached hydrogens (tertiary/aromatic N) is 5. The van der Waals surface area contributed by atoms with Crippen molar-refractivity contribution in [2.75, 3.05) is 60.8 Å². The summed E-state index contributed by atoms with van der Waals surface area (Å²) in [5.74, 6) is -0.817. The number of aromatic nitrogens is 3. The first kappa shape index (κ1) is 39.3. The molecule has 13 nitrogen and oxygen atoms in total. The Balaban J connectivity index is 1.26. The van der Waals surface area contributed by atoms with E-state index < -0.39 is 18.3 Å². The molecule has 0 unspecified atom stereocenters. The number of benzene rings is 2. The van der Waals surface area contributed by atoms with Crippen LogP contribution in [0.1, 0.15) is 62.0 Å². The van der Waals surface area contributed by atoms with Gasteiger partial charge in [0.2, 0.25) is 5.91 Å². The van der Waals surface area contributed by atoms with E-state index in [2.05, 4.69) is 49.2 Å². The Kier molecular flexibility index (Phi) is 12.1. The van der Waals surface area contributed by atoms with Gasteiger partial charge in [0.25, 0.3) is 5.91 Å². The number of rotatable bonds is 11. The van der Waals surface area contributed by atoms with Crippen LogP contribution >= 0.6 is 0 Å². The first-order valence-corrected chi connectivity index (χ1v) is 18.4. The fourth-order valence-electron chi connectivity index (χ4n) is 7.06. The van der Waals surface area contributed by atoms with Gasteiger partial charge in [0, 0.05) is 67.9 Å². The van der Waals surface area contributed by atoms with E-state index in [-0.39, 0.29) is 40.1 Å². The first-order chi connectivity index (χ1) is 26.4. The molecule has 0 radical (unpaired) electrons. The highest BCUT2D eigenvalue weighted by molar-refractivity contribution is 6.05. The number of nitrogens with one attached hydrogen (secondary N) is 3. The van der Waals surface area contributed by atoms with Gasteiger partial charge in [0.05, 0.1) is 36.9 Å². The first-order valence-electron chi connectivity index (χ1n) is 18.4. The molecular weight excluding hydrogens is 703 g/mol. The zero-order chi connectivity index (χ0) is 39.3. The molecular formula is C41H49FN8O5. The minimum atomic E-state index is -0.714. The normalized spacial score (nSPS) is 16.7. The molecule has 2 aliphatic rings. The number of piperazine rings is 1. The number of methoxy groups -OCH3 is 1. The lowest BCUT2D eigenvalue weighted by Gasteiger charge is -2.45. The van der Waals surface area contributed by atoms with Gasteiger partial charge in [-0.25, -0.2) is 19.3 Å². The Morgan fingerprint density at radius 2 is 1.85 bits per heavy atom. The Bertz CT molecular complexity index is 2050. The highest BCUT2D eigenvalue weighted by Gasteiger charge is 2.31. The topological polar surface area (TPSA) is 154 Å². The summed E-state index contributed by atoms with van der Waals surface area (Å²) in [5.41, 5.74) is 3.04. The van der Waals surface area contributed by atoms with Gasteiger partial charge in [-0.15, -0.1) is 0 Å². The molecule has 4 heterocycles. The van der Waals surface area contributed by atoms with Crippen molar-refractivity contribution in [3.8, 4) is 17.1 Å². The second kappa shape index (κ2) is 16.9. The van der Waals surface area contributed by atoms with Crippen LogP contribution in [0.25, 0.3) is 11.4 Å². The molecule has 6 rings (SSSR count). The number of ether oxygens (including phenoxy) is 2. The molecule has 0 aliphatic carbocycles. The highest BCUT2D eigenvalue weighted by Crippen LogP contribution is 2.36. The third-order valence-electron chi connectivity index (χ3n) is 10.1. The van der Waals surface area contributed by atoms with E-state index in [4.69, 9.17) is 14.5 Å². The van der Waals surface area contributed by atoms with Gasteiger partial charge < -0.3 is 35.4 Å². The number of halogens is 1. The summed E-state index contributed by atoms with van der Waals surface area (Å²) >= 11 is 0. The van der Waals surface area contributed by atoms with E-state index >= 15 is 4.39 Å². The van der Waals surface area contributed by atoms with Crippen LogP contribution in [-0.4, -0.2) is 88.8 Å². The minimum absolute atomic E-state index is 0.0410. The molecule has 2 saturated heterocycles. The van der Waals surface area contributed by atoms with Crippen molar-refractivity contribution in [1.29, 1.82) is 0 Å². The van der Waals surface area contributed by atoms with Gasteiger partial charge in [0.1, 0.15) is 11.6 Å². The second-order valence-electron chi connectivity index (χ2n) is 14.8. The van der Waals surface area contributed by atoms with Crippen LogP contribution in [0.4, 0.5) is 33.1 Å². The van der Waals surface area contributed by atoms with E-state index in [9.17, 15) is 14.7 Å². The van der Waals surface area contributed by atoms with E-state index in [0.29, 0.717) is 34.5 Å². The molecule has 4 aromatic rings. The van der Waals surface area contributed by atoms with E-state index in [1.165, 1.54) is 37.7 Å². The van der Waals surface area contributed by atoms with Crippen LogP contribution < -0.4 is 25.6 Å². The molecule has 290 valence electrons. The van der Waals surface area contributed by atoms with E-state index in [1.54, 1.807) is 12.1 Å². The van der Waals surface area contributed by atoms with Crippen LogP contribution in [0.2, 0.25) is 0 Å². The lowest BCUT2D eigenvalue weighted by Crippen LogP contribution is -2.56. The number of hydrogen-bond acceptors (Lipinski definition) is 11. The maximum absolute atomic E-state index is 15.1.